The number of nitrogens with zero attached hydrogens (tertiary/aromatic N) is 1. The maximum atomic E-state index is 14.0. The van der Waals surface area contributed by atoms with E-state index in [4.69, 9.17) is 5.11 Å². The maximum Gasteiger partial charge on any atom is 0.324 e. The summed E-state index contributed by atoms with van der Waals surface area (Å²) in [5.41, 5.74) is -0.302. The van der Waals surface area contributed by atoms with Crippen molar-refractivity contribution in [2.45, 2.75) is 9.79 Å². The highest BCUT2D eigenvalue weighted by molar-refractivity contribution is 7.98. The lowest BCUT2D eigenvalue weighted by molar-refractivity contribution is -0.135. The molecule has 0 radical (unpaired) electrons. The van der Waals surface area contributed by atoms with Crippen LogP contribution >= 0.6 is 11.8 Å². The molecule has 0 spiro atoms. The highest BCUT2D eigenvalue weighted by Crippen LogP contribution is 2.27. The van der Waals surface area contributed by atoms with Gasteiger partial charge in [-0.25, -0.2) is 12.8 Å². The van der Waals surface area contributed by atoms with E-state index in [2.05, 4.69) is 0 Å². The molecule has 0 saturated heterocycles. The molecule has 0 amide bonds. The molecule has 0 aliphatic carbocycles. The number of thioether (sulfide) groups is 1. The van der Waals surface area contributed by atoms with Crippen LogP contribution in [-0.4, -0.2) is 32.3 Å². The van der Waals surface area contributed by atoms with Gasteiger partial charge in [0.15, 0.2) is 0 Å². The van der Waals surface area contributed by atoms with E-state index in [0.29, 0.717) is 4.31 Å². The number of hydrogen-bond donors (Lipinski definition) is 1. The Kier molecular flexibility index (Phi) is 5.27. The Bertz CT molecular complexity index is 806. The van der Waals surface area contributed by atoms with E-state index in [-0.39, 0.29) is 10.6 Å². The van der Waals surface area contributed by atoms with Crippen LogP contribution in [0.1, 0.15) is 0 Å². The first kappa shape index (κ1) is 17.3. The molecule has 23 heavy (non-hydrogen) atoms. The van der Waals surface area contributed by atoms with Gasteiger partial charge in [0, 0.05) is 4.90 Å². The van der Waals surface area contributed by atoms with E-state index in [1.54, 1.807) is 12.1 Å². The quantitative estimate of drug-likeness (QED) is 0.807. The van der Waals surface area contributed by atoms with Gasteiger partial charge in [-0.15, -0.1) is 11.8 Å². The van der Waals surface area contributed by atoms with Crippen molar-refractivity contribution in [2.75, 3.05) is 17.1 Å². The predicted molar refractivity (Wildman–Crippen MR) is 86.8 cm³/mol. The summed E-state index contributed by atoms with van der Waals surface area (Å²) in [5, 5.41) is 9.00. The van der Waals surface area contributed by atoms with Crippen molar-refractivity contribution in [3.8, 4) is 0 Å². The number of aliphatic carboxylic acids is 1. The second-order valence-corrected chi connectivity index (χ2v) is 7.27. The molecule has 1 N–H and O–H groups in total. The molecule has 0 saturated carbocycles. The minimum Gasteiger partial charge on any atom is -0.480 e. The normalized spacial score (nSPS) is 11.2. The number of rotatable bonds is 6. The van der Waals surface area contributed by atoms with E-state index in [0.717, 1.165) is 11.0 Å². The minimum absolute atomic E-state index is 0.0974. The van der Waals surface area contributed by atoms with Crippen molar-refractivity contribution in [3.05, 3.63) is 54.3 Å². The largest absolute Gasteiger partial charge is 0.480 e. The van der Waals surface area contributed by atoms with Crippen molar-refractivity contribution in [2.24, 2.45) is 0 Å². The Labute approximate surface area is 137 Å². The average Bonchev–Trinajstić information content (AvgIpc) is 2.53. The fourth-order valence-electron chi connectivity index (χ4n) is 1.95. The standard InChI is InChI=1S/C15H14FNO4S2/c1-22-11-6-8-12(9-7-11)23(20,21)17(10-15(18)19)14-5-3-2-4-13(14)16/h2-9H,10H2,1H3,(H,18,19). The molecule has 2 aromatic rings. The van der Waals surface area contributed by atoms with Gasteiger partial charge in [-0.05, 0) is 42.7 Å². The molecule has 0 heterocycles. The molecular weight excluding hydrogens is 341 g/mol. The van der Waals surface area contributed by atoms with Gasteiger partial charge in [-0.3, -0.25) is 9.10 Å². The zero-order valence-corrected chi connectivity index (χ0v) is 13.8. The molecule has 0 aromatic heterocycles. The second-order valence-electron chi connectivity index (χ2n) is 4.53. The first-order valence-electron chi connectivity index (χ1n) is 6.49. The van der Waals surface area contributed by atoms with Crippen LogP contribution in [0.4, 0.5) is 10.1 Å². The molecule has 0 fully saturated rings. The lowest BCUT2D eigenvalue weighted by Gasteiger charge is -2.23. The molecule has 122 valence electrons. The first-order chi connectivity index (χ1) is 10.9. The van der Waals surface area contributed by atoms with E-state index in [1.807, 2.05) is 6.26 Å². The highest BCUT2D eigenvalue weighted by Gasteiger charge is 2.28. The van der Waals surface area contributed by atoms with Crippen molar-refractivity contribution in [3.63, 3.8) is 0 Å². The Hall–Kier alpha value is -2.06. The highest BCUT2D eigenvalue weighted by atomic mass is 32.2. The molecule has 5 nitrogen and oxygen atoms in total. The summed E-state index contributed by atoms with van der Waals surface area (Å²) in [6.45, 7) is -0.868. The average molecular weight is 355 g/mol. The number of hydrogen-bond acceptors (Lipinski definition) is 4. The minimum atomic E-state index is -4.19. The third kappa shape index (κ3) is 3.83. The molecule has 0 aliphatic rings. The van der Waals surface area contributed by atoms with E-state index in [1.165, 1.54) is 42.1 Å². The van der Waals surface area contributed by atoms with Gasteiger partial charge in [0.25, 0.3) is 10.0 Å². The maximum absolute atomic E-state index is 14.0. The molecule has 2 aromatic carbocycles. The van der Waals surface area contributed by atoms with Crippen LogP contribution in [0.3, 0.4) is 0 Å². The number of halogens is 1. The van der Waals surface area contributed by atoms with Gasteiger partial charge >= 0.3 is 5.97 Å². The number of benzene rings is 2. The third-order valence-corrected chi connectivity index (χ3v) is 5.56. The number of carboxylic acids is 1. The summed E-state index contributed by atoms with van der Waals surface area (Å²) in [7, 11) is -4.19. The Balaban J connectivity index is 2.53. The number of para-hydroxylation sites is 1. The molecule has 0 aliphatic heterocycles. The summed E-state index contributed by atoms with van der Waals surface area (Å²) in [4.78, 5) is 11.8. The summed E-state index contributed by atoms with van der Waals surface area (Å²) in [6, 6.07) is 11.1. The first-order valence-corrected chi connectivity index (χ1v) is 9.16. The molecule has 2 rings (SSSR count). The number of carbonyl (C=O) groups is 1. The third-order valence-electron chi connectivity index (χ3n) is 3.05. The van der Waals surface area contributed by atoms with Crippen LogP contribution in [0.15, 0.2) is 58.3 Å². The Morgan fingerprint density at radius 3 is 2.30 bits per heavy atom. The Morgan fingerprint density at radius 2 is 1.78 bits per heavy atom. The van der Waals surface area contributed by atoms with Crippen LogP contribution in [0.2, 0.25) is 0 Å². The van der Waals surface area contributed by atoms with Crippen LogP contribution in [0, 0.1) is 5.82 Å². The summed E-state index contributed by atoms with van der Waals surface area (Å²) < 4.78 is 39.9. The number of anilines is 1. The van der Waals surface area contributed by atoms with Gasteiger partial charge in [-0.1, -0.05) is 12.1 Å². The van der Waals surface area contributed by atoms with Gasteiger partial charge in [0.1, 0.15) is 12.4 Å². The summed E-state index contributed by atoms with van der Waals surface area (Å²) in [6.07, 6.45) is 1.85. The topological polar surface area (TPSA) is 74.7 Å². The smallest absolute Gasteiger partial charge is 0.324 e. The van der Waals surface area contributed by atoms with E-state index >= 15 is 0 Å². The molecular formula is C15H14FNO4S2. The fraction of sp³-hybridized carbons (Fsp3) is 0.133. The van der Waals surface area contributed by atoms with Crippen molar-refractivity contribution >= 4 is 33.4 Å². The van der Waals surface area contributed by atoms with E-state index in [9.17, 15) is 17.6 Å². The number of carboxylic acid groups (broad SMARTS) is 1. The van der Waals surface area contributed by atoms with Gasteiger partial charge in [0.05, 0.1) is 10.6 Å². The zero-order chi connectivity index (χ0) is 17.0. The molecule has 0 unspecified atom stereocenters. The van der Waals surface area contributed by atoms with Gasteiger partial charge in [-0.2, -0.15) is 0 Å². The molecule has 0 atom stereocenters. The van der Waals surface area contributed by atoms with E-state index < -0.39 is 28.4 Å². The fourth-order valence-corrected chi connectivity index (χ4v) is 3.78. The van der Waals surface area contributed by atoms with Crippen LogP contribution in [0.25, 0.3) is 0 Å². The monoisotopic (exact) mass is 355 g/mol. The van der Waals surface area contributed by atoms with Crippen molar-refractivity contribution < 1.29 is 22.7 Å². The van der Waals surface area contributed by atoms with Gasteiger partial charge < -0.3 is 5.11 Å². The van der Waals surface area contributed by atoms with Crippen LogP contribution in [-0.2, 0) is 14.8 Å². The SMILES string of the molecule is CSc1ccc(S(=O)(=O)N(CC(=O)O)c2ccccc2F)cc1. The van der Waals surface area contributed by atoms with Crippen LogP contribution in [0.5, 0.6) is 0 Å². The summed E-state index contributed by atoms with van der Waals surface area (Å²) >= 11 is 1.44. The van der Waals surface area contributed by atoms with Crippen molar-refractivity contribution in [1.29, 1.82) is 0 Å². The lowest BCUT2D eigenvalue weighted by atomic mass is 10.3. The molecule has 8 heteroatoms. The van der Waals surface area contributed by atoms with Crippen molar-refractivity contribution in [1.82, 2.24) is 0 Å². The second kappa shape index (κ2) is 7.01. The predicted octanol–water partition coefficient (Wildman–Crippen LogP) is 2.83. The Morgan fingerprint density at radius 1 is 1.17 bits per heavy atom. The number of sulfonamides is 1. The zero-order valence-electron chi connectivity index (χ0n) is 12.1. The van der Waals surface area contributed by atoms with Crippen LogP contribution < -0.4 is 4.31 Å². The lowest BCUT2D eigenvalue weighted by Crippen LogP contribution is -2.36. The molecule has 0 bridgehead atoms. The van der Waals surface area contributed by atoms with Gasteiger partial charge in [0.2, 0.25) is 0 Å². The summed E-state index contributed by atoms with van der Waals surface area (Å²) in [5.74, 6) is -2.18.